The number of ether oxygens (including phenoxy) is 1. The third-order valence-corrected chi connectivity index (χ3v) is 2.42. The molecular formula is C13H13NO4. The Balaban J connectivity index is 2.16. The van der Waals surface area contributed by atoms with Gasteiger partial charge in [-0.25, -0.2) is 4.79 Å². The molecule has 0 aliphatic carbocycles. The molecule has 0 radical (unpaired) electrons. The second kappa shape index (κ2) is 4.91. The quantitative estimate of drug-likeness (QED) is 0.898. The third kappa shape index (κ3) is 2.68. The van der Waals surface area contributed by atoms with Crippen molar-refractivity contribution in [1.82, 2.24) is 5.16 Å². The van der Waals surface area contributed by atoms with Gasteiger partial charge < -0.3 is 14.4 Å². The van der Waals surface area contributed by atoms with Gasteiger partial charge in [0.1, 0.15) is 29.4 Å². The molecule has 0 unspecified atom stereocenters. The number of aryl methyl sites for hydroxylation is 2. The highest BCUT2D eigenvalue weighted by Crippen LogP contribution is 2.21. The van der Waals surface area contributed by atoms with Gasteiger partial charge in [-0.3, -0.25) is 0 Å². The fraction of sp³-hybridized carbons (Fsp3) is 0.231. The smallest absolute Gasteiger partial charge is 0.339 e. The monoisotopic (exact) mass is 247 g/mol. The summed E-state index contributed by atoms with van der Waals surface area (Å²) in [5.74, 6) is 0.00903. The molecule has 0 bridgehead atoms. The largest absolute Gasteiger partial charge is 0.486 e. The van der Waals surface area contributed by atoms with Crippen molar-refractivity contribution >= 4 is 5.97 Å². The van der Waals surface area contributed by atoms with Crippen LogP contribution in [0.25, 0.3) is 0 Å². The fourth-order valence-corrected chi connectivity index (χ4v) is 1.57. The minimum atomic E-state index is -1.01. The van der Waals surface area contributed by atoms with Crippen LogP contribution in [-0.2, 0) is 6.61 Å². The summed E-state index contributed by atoms with van der Waals surface area (Å²) >= 11 is 0. The molecule has 0 saturated carbocycles. The fourth-order valence-electron chi connectivity index (χ4n) is 1.57. The number of nitrogens with zero attached hydrogens (tertiary/aromatic N) is 1. The number of hydrogen-bond acceptors (Lipinski definition) is 4. The zero-order chi connectivity index (χ0) is 13.1. The van der Waals surface area contributed by atoms with Gasteiger partial charge >= 0.3 is 5.97 Å². The van der Waals surface area contributed by atoms with Crippen molar-refractivity contribution in [2.75, 3.05) is 0 Å². The maximum Gasteiger partial charge on any atom is 0.339 e. The summed E-state index contributed by atoms with van der Waals surface area (Å²) in [6.45, 7) is 3.79. The molecule has 0 aliphatic heterocycles. The average molecular weight is 247 g/mol. The van der Waals surface area contributed by atoms with Gasteiger partial charge in [0.25, 0.3) is 0 Å². The number of carboxylic acid groups (broad SMARTS) is 1. The predicted molar refractivity (Wildman–Crippen MR) is 63.7 cm³/mol. The van der Waals surface area contributed by atoms with Crippen molar-refractivity contribution in [3.63, 3.8) is 0 Å². The molecular weight excluding hydrogens is 234 g/mol. The van der Waals surface area contributed by atoms with E-state index in [4.69, 9.17) is 14.4 Å². The van der Waals surface area contributed by atoms with E-state index in [1.54, 1.807) is 31.2 Å². The molecule has 0 atom stereocenters. The lowest BCUT2D eigenvalue weighted by atomic mass is 10.1. The van der Waals surface area contributed by atoms with Crippen LogP contribution in [0.1, 0.15) is 27.4 Å². The van der Waals surface area contributed by atoms with Crippen LogP contribution < -0.4 is 4.74 Å². The molecule has 18 heavy (non-hydrogen) atoms. The van der Waals surface area contributed by atoms with E-state index in [-0.39, 0.29) is 12.2 Å². The van der Waals surface area contributed by atoms with Gasteiger partial charge in [0.05, 0.1) is 0 Å². The summed E-state index contributed by atoms with van der Waals surface area (Å²) in [4.78, 5) is 11.1. The molecule has 5 nitrogen and oxygen atoms in total. The van der Waals surface area contributed by atoms with E-state index >= 15 is 0 Å². The van der Waals surface area contributed by atoms with Crippen LogP contribution in [0, 0.1) is 13.8 Å². The van der Waals surface area contributed by atoms with E-state index in [2.05, 4.69) is 5.16 Å². The van der Waals surface area contributed by atoms with Gasteiger partial charge in [0.2, 0.25) is 0 Å². The summed E-state index contributed by atoms with van der Waals surface area (Å²) in [6, 6.07) is 6.77. The van der Waals surface area contributed by atoms with E-state index in [1.807, 2.05) is 6.92 Å². The predicted octanol–water partition coefficient (Wildman–Crippen LogP) is 2.57. The van der Waals surface area contributed by atoms with Crippen molar-refractivity contribution in [3.8, 4) is 5.75 Å². The number of benzene rings is 1. The Bertz CT molecular complexity index is 574. The first-order chi connectivity index (χ1) is 8.56. The van der Waals surface area contributed by atoms with Crippen LogP contribution >= 0.6 is 0 Å². The summed E-state index contributed by atoms with van der Waals surface area (Å²) in [5.41, 5.74) is 1.65. The summed E-state index contributed by atoms with van der Waals surface area (Å²) in [5, 5.41) is 12.9. The summed E-state index contributed by atoms with van der Waals surface area (Å²) in [7, 11) is 0. The molecule has 0 saturated heterocycles. The molecule has 0 spiro atoms. The lowest BCUT2D eigenvalue weighted by Crippen LogP contribution is -2.04. The molecule has 2 rings (SSSR count). The van der Waals surface area contributed by atoms with Crippen LogP contribution in [0.3, 0.4) is 0 Å². The van der Waals surface area contributed by atoms with Crippen LogP contribution in [-0.4, -0.2) is 16.2 Å². The highest BCUT2D eigenvalue weighted by atomic mass is 16.5. The Kier molecular flexibility index (Phi) is 3.32. The number of rotatable bonds is 4. The Hall–Kier alpha value is -2.30. The minimum Gasteiger partial charge on any atom is -0.486 e. The van der Waals surface area contributed by atoms with E-state index < -0.39 is 5.97 Å². The summed E-state index contributed by atoms with van der Waals surface area (Å²) < 4.78 is 10.4. The van der Waals surface area contributed by atoms with Crippen molar-refractivity contribution in [3.05, 3.63) is 46.8 Å². The van der Waals surface area contributed by atoms with E-state index in [0.29, 0.717) is 17.2 Å². The second-order valence-corrected chi connectivity index (χ2v) is 4.02. The van der Waals surface area contributed by atoms with Crippen molar-refractivity contribution in [1.29, 1.82) is 0 Å². The van der Waals surface area contributed by atoms with E-state index in [1.165, 1.54) is 0 Å². The molecule has 1 heterocycles. The Labute approximate surface area is 104 Å². The molecule has 1 N–H and O–H groups in total. The third-order valence-electron chi connectivity index (χ3n) is 2.42. The number of carbonyl (C=O) groups is 1. The molecule has 0 amide bonds. The standard InChI is InChI=1S/C13H13NO4/c1-8-3-4-12(11(5-8)13(15)16)17-7-10-6-9(2)18-14-10/h3-6H,7H2,1-2H3,(H,15,16). The maximum atomic E-state index is 11.1. The summed E-state index contributed by atoms with van der Waals surface area (Å²) in [6.07, 6.45) is 0. The lowest BCUT2D eigenvalue weighted by molar-refractivity contribution is 0.0691. The second-order valence-electron chi connectivity index (χ2n) is 4.02. The van der Waals surface area contributed by atoms with Crippen LogP contribution in [0.4, 0.5) is 0 Å². The van der Waals surface area contributed by atoms with Gasteiger partial charge in [0, 0.05) is 6.07 Å². The highest BCUT2D eigenvalue weighted by molar-refractivity contribution is 5.91. The highest BCUT2D eigenvalue weighted by Gasteiger charge is 2.12. The Morgan fingerprint density at radius 3 is 2.78 bits per heavy atom. The Morgan fingerprint density at radius 1 is 1.39 bits per heavy atom. The van der Waals surface area contributed by atoms with Crippen molar-refractivity contribution in [2.45, 2.75) is 20.5 Å². The van der Waals surface area contributed by atoms with Gasteiger partial charge in [-0.2, -0.15) is 0 Å². The number of hydrogen-bond donors (Lipinski definition) is 1. The number of aromatic carboxylic acids is 1. The minimum absolute atomic E-state index is 0.148. The SMILES string of the molecule is Cc1ccc(OCc2cc(C)on2)c(C(=O)O)c1. The zero-order valence-corrected chi connectivity index (χ0v) is 10.1. The van der Waals surface area contributed by atoms with Gasteiger partial charge in [-0.05, 0) is 26.0 Å². The molecule has 2 aromatic rings. The molecule has 0 aliphatic rings. The van der Waals surface area contributed by atoms with E-state index in [9.17, 15) is 4.79 Å². The average Bonchev–Trinajstić information content (AvgIpc) is 2.73. The first-order valence-electron chi connectivity index (χ1n) is 5.45. The number of carboxylic acids is 1. The molecule has 0 fully saturated rings. The maximum absolute atomic E-state index is 11.1. The van der Waals surface area contributed by atoms with E-state index in [0.717, 1.165) is 5.56 Å². The van der Waals surface area contributed by atoms with Crippen molar-refractivity contribution < 1.29 is 19.2 Å². The van der Waals surface area contributed by atoms with Crippen LogP contribution in [0.5, 0.6) is 5.75 Å². The lowest BCUT2D eigenvalue weighted by Gasteiger charge is -2.08. The van der Waals surface area contributed by atoms with Gasteiger partial charge in [-0.15, -0.1) is 0 Å². The van der Waals surface area contributed by atoms with Crippen LogP contribution in [0.2, 0.25) is 0 Å². The number of aromatic nitrogens is 1. The first kappa shape index (κ1) is 12.2. The molecule has 5 heteroatoms. The topological polar surface area (TPSA) is 72.6 Å². The van der Waals surface area contributed by atoms with Gasteiger partial charge in [0.15, 0.2) is 0 Å². The van der Waals surface area contributed by atoms with Gasteiger partial charge in [-0.1, -0.05) is 16.8 Å². The molecule has 1 aromatic heterocycles. The van der Waals surface area contributed by atoms with Crippen molar-refractivity contribution in [2.24, 2.45) is 0 Å². The molecule has 1 aromatic carbocycles. The normalized spacial score (nSPS) is 10.3. The Morgan fingerprint density at radius 2 is 2.17 bits per heavy atom. The first-order valence-corrected chi connectivity index (χ1v) is 5.45. The molecule has 94 valence electrons. The van der Waals surface area contributed by atoms with Crippen LogP contribution in [0.15, 0.2) is 28.8 Å². The zero-order valence-electron chi connectivity index (χ0n) is 10.1.